The van der Waals surface area contributed by atoms with Crippen LogP contribution in [0.15, 0.2) is 151 Å². The summed E-state index contributed by atoms with van der Waals surface area (Å²) in [5.74, 6) is 0. The third-order valence-electron chi connectivity index (χ3n) is 9.47. The summed E-state index contributed by atoms with van der Waals surface area (Å²) >= 11 is 0. The third-order valence-corrected chi connectivity index (χ3v) is 9.47. The fourth-order valence-electron chi connectivity index (χ4n) is 7.23. The first-order valence-corrected chi connectivity index (χ1v) is 15.4. The normalized spacial score (nSPS) is 12.3. The SMILES string of the molecule is c1cc(-c2ccc3oc4cc5c(cc4c3c2)oc2ccccc25)cc(-c2ccc3oc4cc5c(cc4c3c2)oc2ccccc25)c1. The molecule has 0 radical (unpaired) electrons. The Morgan fingerprint density at radius 3 is 1.02 bits per heavy atom. The van der Waals surface area contributed by atoms with Crippen LogP contribution in [-0.2, 0) is 0 Å². The lowest BCUT2D eigenvalue weighted by Crippen LogP contribution is -1.82. The van der Waals surface area contributed by atoms with Crippen molar-refractivity contribution in [3.8, 4) is 22.3 Å². The molecule has 4 aromatic heterocycles. The van der Waals surface area contributed by atoms with Gasteiger partial charge in [0, 0.05) is 43.1 Å². The predicted molar refractivity (Wildman–Crippen MR) is 186 cm³/mol. The molecule has 11 rings (SSSR count). The third kappa shape index (κ3) is 3.33. The summed E-state index contributed by atoms with van der Waals surface area (Å²) in [4.78, 5) is 0. The highest BCUT2D eigenvalue weighted by Gasteiger charge is 2.16. The van der Waals surface area contributed by atoms with Gasteiger partial charge in [-0.15, -0.1) is 0 Å². The Morgan fingerprint density at radius 1 is 0.217 bits per heavy atom. The van der Waals surface area contributed by atoms with E-state index in [1.54, 1.807) is 0 Å². The van der Waals surface area contributed by atoms with Gasteiger partial charge < -0.3 is 17.7 Å². The fraction of sp³-hybridized carbons (Fsp3) is 0. The molecule has 11 aromatic rings. The standard InChI is InChI=1S/C42H22O4/c1-3-10-35-27(8-1)31-19-41-33(21-39(31)43-35)29-17-25(12-14-37(29)45-41)23-6-5-7-24(16-23)26-13-15-38-30(18-26)34-22-40-32(20-42(34)46-38)28-9-2-4-11-36(28)44-40/h1-22H. The largest absolute Gasteiger partial charge is 0.456 e. The van der Waals surface area contributed by atoms with Gasteiger partial charge in [0.15, 0.2) is 0 Å². The molecule has 0 saturated carbocycles. The molecule has 0 spiro atoms. The molecule has 0 aliphatic carbocycles. The molecular formula is C42H22O4. The smallest absolute Gasteiger partial charge is 0.136 e. The summed E-state index contributed by atoms with van der Waals surface area (Å²) in [7, 11) is 0. The quantitative estimate of drug-likeness (QED) is 0.201. The van der Waals surface area contributed by atoms with Crippen molar-refractivity contribution in [1.82, 2.24) is 0 Å². The molecule has 46 heavy (non-hydrogen) atoms. The first-order valence-electron chi connectivity index (χ1n) is 15.4. The highest BCUT2D eigenvalue weighted by molar-refractivity contribution is 6.16. The van der Waals surface area contributed by atoms with E-state index in [1.165, 1.54) is 0 Å². The van der Waals surface area contributed by atoms with Crippen LogP contribution < -0.4 is 0 Å². The van der Waals surface area contributed by atoms with Crippen molar-refractivity contribution < 1.29 is 17.7 Å². The van der Waals surface area contributed by atoms with Crippen molar-refractivity contribution in [2.24, 2.45) is 0 Å². The van der Waals surface area contributed by atoms with Crippen LogP contribution in [0.1, 0.15) is 0 Å². The molecule has 0 aliphatic rings. The van der Waals surface area contributed by atoms with Gasteiger partial charge in [-0.3, -0.25) is 0 Å². The van der Waals surface area contributed by atoms with Crippen LogP contribution in [0.3, 0.4) is 0 Å². The molecule has 4 heteroatoms. The topological polar surface area (TPSA) is 52.6 Å². The van der Waals surface area contributed by atoms with Gasteiger partial charge in [0.05, 0.1) is 0 Å². The van der Waals surface area contributed by atoms with Crippen LogP contribution in [0.2, 0.25) is 0 Å². The second-order valence-corrected chi connectivity index (χ2v) is 12.1. The van der Waals surface area contributed by atoms with Crippen molar-refractivity contribution in [2.45, 2.75) is 0 Å². The summed E-state index contributed by atoms with van der Waals surface area (Å²) in [6.45, 7) is 0. The minimum atomic E-state index is 0.862. The molecule has 7 aromatic carbocycles. The van der Waals surface area contributed by atoms with Gasteiger partial charge in [0.25, 0.3) is 0 Å². The monoisotopic (exact) mass is 590 g/mol. The molecule has 0 aliphatic heterocycles. The van der Waals surface area contributed by atoms with Crippen molar-refractivity contribution in [3.63, 3.8) is 0 Å². The molecule has 0 atom stereocenters. The fourth-order valence-corrected chi connectivity index (χ4v) is 7.23. The molecule has 0 bridgehead atoms. The highest BCUT2D eigenvalue weighted by Crippen LogP contribution is 2.40. The molecule has 0 unspecified atom stereocenters. The second-order valence-electron chi connectivity index (χ2n) is 12.1. The van der Waals surface area contributed by atoms with E-state index in [4.69, 9.17) is 17.7 Å². The van der Waals surface area contributed by atoms with Gasteiger partial charge in [0.2, 0.25) is 0 Å². The van der Waals surface area contributed by atoms with Crippen molar-refractivity contribution >= 4 is 87.8 Å². The van der Waals surface area contributed by atoms with Gasteiger partial charge in [0.1, 0.15) is 44.7 Å². The Kier molecular flexibility index (Phi) is 4.55. The average Bonchev–Trinajstić information content (AvgIpc) is 3.85. The van der Waals surface area contributed by atoms with Crippen molar-refractivity contribution in [3.05, 3.63) is 133 Å². The molecule has 0 saturated heterocycles. The molecule has 4 heterocycles. The Labute approximate surface area is 260 Å². The average molecular weight is 591 g/mol. The number of rotatable bonds is 2. The number of para-hydroxylation sites is 2. The van der Waals surface area contributed by atoms with Crippen LogP contribution in [-0.4, -0.2) is 0 Å². The van der Waals surface area contributed by atoms with Crippen molar-refractivity contribution in [1.29, 1.82) is 0 Å². The van der Waals surface area contributed by atoms with E-state index in [0.717, 1.165) is 110 Å². The van der Waals surface area contributed by atoms with Crippen LogP contribution in [0.25, 0.3) is 110 Å². The summed E-state index contributed by atoms with van der Waals surface area (Å²) in [5, 5.41) is 8.58. The zero-order chi connectivity index (χ0) is 29.9. The summed E-state index contributed by atoms with van der Waals surface area (Å²) < 4.78 is 25.0. The van der Waals surface area contributed by atoms with E-state index in [1.807, 2.05) is 36.4 Å². The predicted octanol–water partition coefficient (Wildman–Crippen LogP) is 12.6. The molecule has 4 nitrogen and oxygen atoms in total. The first-order chi connectivity index (χ1) is 22.7. The molecule has 214 valence electrons. The molecule has 0 fully saturated rings. The van der Waals surface area contributed by atoms with E-state index in [9.17, 15) is 0 Å². The molecule has 0 amide bonds. The number of hydrogen-bond donors (Lipinski definition) is 0. The maximum atomic E-state index is 6.32. The second kappa shape index (κ2) is 8.68. The van der Waals surface area contributed by atoms with Crippen LogP contribution >= 0.6 is 0 Å². The van der Waals surface area contributed by atoms with E-state index in [0.29, 0.717) is 0 Å². The lowest BCUT2D eigenvalue weighted by Gasteiger charge is -2.07. The first kappa shape index (κ1) is 24.1. The van der Waals surface area contributed by atoms with Crippen molar-refractivity contribution in [2.75, 3.05) is 0 Å². The number of benzene rings is 7. The maximum absolute atomic E-state index is 6.32. The zero-order valence-corrected chi connectivity index (χ0v) is 24.3. The summed E-state index contributed by atoms with van der Waals surface area (Å²) in [5.41, 5.74) is 11.5. The van der Waals surface area contributed by atoms with Gasteiger partial charge >= 0.3 is 0 Å². The lowest BCUT2D eigenvalue weighted by molar-refractivity contribution is 0.664. The van der Waals surface area contributed by atoms with E-state index >= 15 is 0 Å². The summed E-state index contributed by atoms with van der Waals surface area (Å²) in [6.07, 6.45) is 0. The van der Waals surface area contributed by atoms with Gasteiger partial charge in [-0.05, 0) is 89.0 Å². The van der Waals surface area contributed by atoms with Crippen LogP contribution in [0.5, 0.6) is 0 Å². The van der Waals surface area contributed by atoms with E-state index in [2.05, 4.69) is 97.1 Å². The van der Waals surface area contributed by atoms with E-state index < -0.39 is 0 Å². The van der Waals surface area contributed by atoms with Crippen LogP contribution in [0, 0.1) is 0 Å². The van der Waals surface area contributed by atoms with Crippen LogP contribution in [0.4, 0.5) is 0 Å². The highest BCUT2D eigenvalue weighted by atomic mass is 16.3. The Hall–Kier alpha value is -6.26. The minimum absolute atomic E-state index is 0.862. The summed E-state index contributed by atoms with van der Waals surface area (Å²) in [6, 6.07) is 46.2. The van der Waals surface area contributed by atoms with Gasteiger partial charge in [-0.1, -0.05) is 66.7 Å². The number of furan rings is 4. The van der Waals surface area contributed by atoms with Gasteiger partial charge in [-0.2, -0.15) is 0 Å². The molecular weight excluding hydrogens is 568 g/mol. The van der Waals surface area contributed by atoms with Gasteiger partial charge in [-0.25, -0.2) is 0 Å². The maximum Gasteiger partial charge on any atom is 0.136 e. The zero-order valence-electron chi connectivity index (χ0n) is 24.3. The minimum Gasteiger partial charge on any atom is -0.456 e. The molecule has 0 N–H and O–H groups in total. The Bertz CT molecular complexity index is 2830. The Morgan fingerprint density at radius 2 is 0.565 bits per heavy atom. The number of fused-ring (bicyclic) bond motifs is 12. The lowest BCUT2D eigenvalue weighted by atomic mass is 9.97. The Balaban J connectivity index is 1.03. The number of hydrogen-bond acceptors (Lipinski definition) is 4. The van der Waals surface area contributed by atoms with E-state index in [-0.39, 0.29) is 0 Å².